The Morgan fingerprint density at radius 3 is 2.39 bits per heavy atom. The molecule has 0 bridgehead atoms. The Morgan fingerprint density at radius 1 is 0.947 bits per heavy atom. The van der Waals surface area contributed by atoms with Gasteiger partial charge in [-0.05, 0) is 53.8 Å². The predicted octanol–water partition coefficient (Wildman–Crippen LogP) is 6.25. The van der Waals surface area contributed by atoms with Crippen molar-refractivity contribution in [1.82, 2.24) is 10.2 Å². The molecule has 5 rings (SSSR count). The smallest absolute Gasteiger partial charge is 0.417 e. The molecule has 0 radical (unpaired) electrons. The summed E-state index contributed by atoms with van der Waals surface area (Å²) in [5, 5.41) is 7.51. The Kier molecular flexibility index (Phi) is 6.75. The Morgan fingerprint density at radius 2 is 1.71 bits per heavy atom. The van der Waals surface area contributed by atoms with Crippen LogP contribution in [-0.2, 0) is 22.4 Å². The van der Waals surface area contributed by atoms with Crippen LogP contribution in [0.5, 0.6) is 0 Å². The van der Waals surface area contributed by atoms with Gasteiger partial charge in [0.1, 0.15) is 5.70 Å². The van der Waals surface area contributed by atoms with E-state index in [-0.39, 0.29) is 16.3 Å². The molecule has 38 heavy (non-hydrogen) atoms. The lowest BCUT2D eigenvalue weighted by Gasteiger charge is -2.17. The van der Waals surface area contributed by atoms with Gasteiger partial charge >= 0.3 is 6.18 Å². The number of benzene rings is 3. The minimum atomic E-state index is -4.53. The number of aromatic nitrogens is 2. The highest BCUT2D eigenvalue weighted by Crippen LogP contribution is 2.37. The topological polar surface area (TPSA) is 85.4 Å². The molecule has 0 fully saturated rings. The second-order valence-electron chi connectivity index (χ2n) is 8.98. The number of nitrogens with zero attached hydrogens (tertiary/aromatic N) is 3. The van der Waals surface area contributed by atoms with Gasteiger partial charge in [0.05, 0.1) is 16.2 Å². The van der Waals surface area contributed by atoms with Crippen molar-refractivity contribution < 1.29 is 26.0 Å². The number of allylic oxidation sites excluding steroid dienone is 1. The minimum Gasteiger partial charge on any atom is -0.422 e. The third kappa shape index (κ3) is 5.45. The van der Waals surface area contributed by atoms with Gasteiger partial charge in [-0.3, -0.25) is 0 Å². The second-order valence-corrected chi connectivity index (χ2v) is 11.0. The summed E-state index contributed by atoms with van der Waals surface area (Å²) in [5.41, 5.74) is 2.55. The monoisotopic (exact) mass is 537 g/mol. The van der Waals surface area contributed by atoms with Gasteiger partial charge < -0.3 is 4.42 Å². The largest absolute Gasteiger partial charge is 0.422 e. The molecule has 194 valence electrons. The van der Waals surface area contributed by atoms with Gasteiger partial charge in [0.15, 0.2) is 9.84 Å². The maximum absolute atomic E-state index is 13.8. The van der Waals surface area contributed by atoms with Crippen LogP contribution >= 0.6 is 0 Å². The van der Waals surface area contributed by atoms with Crippen LogP contribution in [0, 0.1) is 5.92 Å². The van der Waals surface area contributed by atoms with E-state index in [1.807, 2.05) is 30.3 Å². The van der Waals surface area contributed by atoms with E-state index in [1.165, 1.54) is 18.4 Å². The van der Waals surface area contributed by atoms with Gasteiger partial charge in [-0.25, -0.2) is 13.4 Å². The lowest BCUT2D eigenvalue weighted by Crippen LogP contribution is -2.18. The number of aliphatic imine (C=N–C) groups is 1. The van der Waals surface area contributed by atoms with Crippen molar-refractivity contribution in [1.29, 1.82) is 0 Å². The molecule has 0 N–H and O–H groups in total. The van der Waals surface area contributed by atoms with Crippen molar-refractivity contribution in [2.24, 2.45) is 10.9 Å². The summed E-state index contributed by atoms with van der Waals surface area (Å²) in [6.45, 7) is 0. The number of sulfone groups is 1. The van der Waals surface area contributed by atoms with Crippen LogP contribution in [0.2, 0.25) is 0 Å². The van der Waals surface area contributed by atoms with Crippen molar-refractivity contribution in [3.8, 4) is 11.1 Å². The molecule has 10 heteroatoms. The van der Waals surface area contributed by atoms with Crippen LogP contribution in [-0.4, -0.2) is 30.6 Å². The van der Waals surface area contributed by atoms with E-state index in [0.29, 0.717) is 24.3 Å². The average Bonchev–Trinajstić information content (AvgIpc) is 3.57. The molecule has 1 atom stereocenters. The van der Waals surface area contributed by atoms with Gasteiger partial charge in [0, 0.05) is 17.7 Å². The van der Waals surface area contributed by atoms with Gasteiger partial charge in [-0.2, -0.15) is 13.2 Å². The number of hydrogen-bond donors (Lipinski definition) is 0. The van der Waals surface area contributed by atoms with Crippen LogP contribution < -0.4 is 0 Å². The van der Waals surface area contributed by atoms with E-state index in [9.17, 15) is 21.6 Å². The van der Waals surface area contributed by atoms with E-state index in [1.54, 1.807) is 30.3 Å². The third-order valence-electron chi connectivity index (χ3n) is 6.33. The zero-order valence-corrected chi connectivity index (χ0v) is 21.0. The molecule has 4 aromatic rings. The predicted molar refractivity (Wildman–Crippen MR) is 137 cm³/mol. The first-order valence-electron chi connectivity index (χ1n) is 11.7. The van der Waals surface area contributed by atoms with E-state index in [4.69, 9.17) is 4.42 Å². The average molecular weight is 538 g/mol. The van der Waals surface area contributed by atoms with Crippen LogP contribution in [0.4, 0.5) is 13.2 Å². The van der Waals surface area contributed by atoms with E-state index >= 15 is 0 Å². The highest BCUT2D eigenvalue weighted by molar-refractivity contribution is 7.90. The van der Waals surface area contributed by atoms with E-state index in [0.717, 1.165) is 29.2 Å². The highest BCUT2D eigenvalue weighted by atomic mass is 32.2. The standard InChI is InChI=1S/C28H22F3N3O3S/c1-38(35,36)22-6-4-5-20(15-22)19-12-9-18(10-13-19)11-14-21-16-25(27-34-32-17-37-27)33-26(21)23-7-2-3-8-24(23)28(29,30)31/h2-10,12-13,15-17,21H,11,14H2,1H3. The molecule has 0 amide bonds. The fourth-order valence-corrected chi connectivity index (χ4v) is 5.12. The number of alkyl halides is 3. The van der Waals surface area contributed by atoms with Crippen molar-refractivity contribution in [2.45, 2.75) is 23.9 Å². The fraction of sp³-hybridized carbons (Fsp3) is 0.179. The summed E-state index contributed by atoms with van der Waals surface area (Å²) in [6.07, 6.45) is 0.639. The third-order valence-corrected chi connectivity index (χ3v) is 7.44. The van der Waals surface area contributed by atoms with Crippen molar-refractivity contribution in [3.63, 3.8) is 0 Å². The number of hydrogen-bond acceptors (Lipinski definition) is 6. The first-order valence-corrected chi connectivity index (χ1v) is 13.6. The summed E-state index contributed by atoms with van der Waals surface area (Å²) < 4.78 is 70.3. The highest BCUT2D eigenvalue weighted by Gasteiger charge is 2.36. The Hall–Kier alpha value is -4.05. The molecule has 0 saturated heterocycles. The lowest BCUT2D eigenvalue weighted by atomic mass is 9.89. The van der Waals surface area contributed by atoms with Crippen LogP contribution in [0.3, 0.4) is 0 Å². The summed E-state index contributed by atoms with van der Waals surface area (Å²) in [4.78, 5) is 4.73. The van der Waals surface area contributed by atoms with Gasteiger partial charge in [-0.1, -0.05) is 54.6 Å². The molecule has 0 aliphatic carbocycles. The molecular weight excluding hydrogens is 515 g/mol. The zero-order chi connectivity index (χ0) is 26.9. The Bertz CT molecular complexity index is 1630. The second kappa shape index (κ2) is 10.0. The van der Waals surface area contributed by atoms with Crippen LogP contribution in [0.25, 0.3) is 16.8 Å². The molecule has 6 nitrogen and oxygen atoms in total. The first kappa shape index (κ1) is 25.6. The Labute approximate surface area is 217 Å². The van der Waals surface area contributed by atoms with Crippen molar-refractivity contribution in [2.75, 3.05) is 6.26 Å². The first-order chi connectivity index (χ1) is 18.1. The van der Waals surface area contributed by atoms with E-state index < -0.39 is 27.5 Å². The summed E-state index contributed by atoms with van der Waals surface area (Å²) in [7, 11) is -3.32. The molecule has 0 saturated carbocycles. The molecular formula is C28H22F3N3O3S. The van der Waals surface area contributed by atoms with Crippen molar-refractivity contribution in [3.05, 3.63) is 108 Å². The van der Waals surface area contributed by atoms with Crippen molar-refractivity contribution >= 4 is 21.2 Å². The van der Waals surface area contributed by atoms with Crippen LogP contribution in [0.1, 0.15) is 29.0 Å². The minimum absolute atomic E-state index is 0.0249. The number of aryl methyl sites for hydroxylation is 1. The molecule has 0 spiro atoms. The fourth-order valence-electron chi connectivity index (χ4n) is 4.45. The molecule has 2 heterocycles. The van der Waals surface area contributed by atoms with Crippen LogP contribution in [0.15, 0.2) is 99.6 Å². The lowest BCUT2D eigenvalue weighted by molar-refractivity contribution is -0.137. The molecule has 1 unspecified atom stereocenters. The quantitative estimate of drug-likeness (QED) is 0.278. The summed E-state index contributed by atoms with van der Waals surface area (Å²) in [5.74, 6) is -0.248. The summed E-state index contributed by atoms with van der Waals surface area (Å²) >= 11 is 0. The maximum Gasteiger partial charge on any atom is 0.417 e. The SMILES string of the molecule is CS(=O)(=O)c1cccc(-c2ccc(CCC3C=C(c4nnco4)N=C3c3ccccc3C(F)(F)F)cc2)c1. The maximum atomic E-state index is 13.8. The number of rotatable bonds is 7. The zero-order valence-electron chi connectivity index (χ0n) is 20.2. The van der Waals surface area contributed by atoms with Gasteiger partial charge in [-0.15, -0.1) is 10.2 Å². The van der Waals surface area contributed by atoms with Gasteiger partial charge in [0.25, 0.3) is 5.89 Å². The molecule has 1 aliphatic heterocycles. The number of halogens is 3. The van der Waals surface area contributed by atoms with Gasteiger partial charge in [0.2, 0.25) is 6.39 Å². The normalized spacial score (nSPS) is 15.8. The molecule has 1 aromatic heterocycles. The molecule has 1 aliphatic rings. The summed E-state index contributed by atoms with van der Waals surface area (Å²) in [6, 6.07) is 19.8. The van der Waals surface area contributed by atoms with E-state index in [2.05, 4.69) is 15.2 Å². The molecule has 3 aromatic carbocycles. The Balaban J connectivity index is 1.39.